The molecule has 1 saturated heterocycles. The Morgan fingerprint density at radius 1 is 1.17 bits per heavy atom. The van der Waals surface area contributed by atoms with Gasteiger partial charge in [-0.25, -0.2) is 13.1 Å². The molecule has 36 heavy (non-hydrogen) atoms. The van der Waals surface area contributed by atoms with Crippen molar-refractivity contribution < 1.29 is 25.9 Å². The lowest BCUT2D eigenvalue weighted by atomic mass is 9.86. The van der Waals surface area contributed by atoms with Crippen LogP contribution in [-0.2, 0) is 15.6 Å². The third-order valence-corrected chi connectivity index (χ3v) is 8.38. The Hall–Kier alpha value is -3.65. The van der Waals surface area contributed by atoms with Crippen molar-refractivity contribution in [3.8, 4) is 17.5 Å². The molecule has 0 radical (unpaired) electrons. The number of aliphatic hydroxyl groups excluding tert-OH is 1. The van der Waals surface area contributed by atoms with Gasteiger partial charge in [0.05, 0.1) is 22.9 Å². The van der Waals surface area contributed by atoms with Gasteiger partial charge in [0, 0.05) is 40.4 Å². The summed E-state index contributed by atoms with van der Waals surface area (Å²) in [5, 5.41) is 18.8. The minimum absolute atomic E-state index is 0. The number of hydrogen-bond acceptors (Lipinski definition) is 6. The fourth-order valence-corrected chi connectivity index (χ4v) is 6.12. The van der Waals surface area contributed by atoms with Gasteiger partial charge in [-0.15, -0.1) is 0 Å². The van der Waals surface area contributed by atoms with Crippen molar-refractivity contribution in [3.05, 3.63) is 77.6 Å². The molecule has 3 aromatic rings. The van der Waals surface area contributed by atoms with Crippen LogP contribution in [0.5, 0.6) is 5.75 Å². The highest BCUT2D eigenvalue weighted by Crippen LogP contribution is 2.45. The van der Waals surface area contributed by atoms with Crippen LogP contribution in [0.15, 0.2) is 65.6 Å². The number of piperidine rings is 1. The first kappa shape index (κ1) is 24.1. The van der Waals surface area contributed by atoms with E-state index in [0.717, 1.165) is 11.4 Å². The predicted molar refractivity (Wildman–Crippen MR) is 135 cm³/mol. The number of aromatic nitrogens is 1. The summed E-state index contributed by atoms with van der Waals surface area (Å²) in [5.41, 5.74) is 2.02. The summed E-state index contributed by atoms with van der Waals surface area (Å²) in [7, 11) is -3.79. The molecule has 190 valence electrons. The maximum absolute atomic E-state index is 13.2. The van der Waals surface area contributed by atoms with Crippen molar-refractivity contribution in [3.63, 3.8) is 0 Å². The van der Waals surface area contributed by atoms with Gasteiger partial charge in [-0.05, 0) is 55.5 Å². The van der Waals surface area contributed by atoms with Crippen LogP contribution in [0.4, 0.5) is 0 Å². The second kappa shape index (κ2) is 9.09. The molecule has 2 aliphatic heterocycles. The van der Waals surface area contributed by atoms with Gasteiger partial charge in [-0.2, -0.15) is 5.26 Å². The molecule has 1 fully saturated rings. The zero-order valence-corrected chi connectivity index (χ0v) is 20.5. The topological polar surface area (TPSA) is 125 Å². The van der Waals surface area contributed by atoms with Crippen LogP contribution in [0.3, 0.4) is 0 Å². The Labute approximate surface area is 212 Å². The Morgan fingerprint density at radius 2 is 1.86 bits per heavy atom. The third-order valence-electron chi connectivity index (χ3n) is 6.77. The lowest BCUT2D eigenvalue weighted by Crippen LogP contribution is -2.50. The van der Waals surface area contributed by atoms with E-state index in [4.69, 9.17) is 9.84 Å². The summed E-state index contributed by atoms with van der Waals surface area (Å²) in [6.07, 6.45) is 1.11. The molecule has 1 amide bonds. The van der Waals surface area contributed by atoms with Crippen LogP contribution < -0.4 is 9.46 Å². The van der Waals surface area contributed by atoms with E-state index >= 15 is 0 Å². The molecule has 1 spiro atoms. The Bertz CT molecular complexity index is 1460. The molecule has 0 saturated carbocycles. The van der Waals surface area contributed by atoms with E-state index in [0.29, 0.717) is 42.9 Å². The van der Waals surface area contributed by atoms with Gasteiger partial charge in [0.25, 0.3) is 5.91 Å². The van der Waals surface area contributed by atoms with Crippen LogP contribution in [-0.4, -0.2) is 54.6 Å². The molecule has 1 atom stereocenters. The van der Waals surface area contributed by atoms with Crippen molar-refractivity contribution in [1.29, 1.82) is 5.26 Å². The van der Waals surface area contributed by atoms with Gasteiger partial charge in [0.15, 0.2) is 5.60 Å². The highest BCUT2D eigenvalue weighted by Gasteiger charge is 2.45. The molecule has 5 rings (SSSR count). The van der Waals surface area contributed by atoms with E-state index in [-0.39, 0.29) is 20.3 Å². The molecule has 9 nitrogen and oxygen atoms in total. The number of nitrogens with zero attached hydrogens (tertiary/aromatic N) is 3. The fourth-order valence-electron chi connectivity index (χ4n) is 4.89. The number of rotatable bonds is 5. The number of amides is 1. The Kier molecular flexibility index (Phi) is 6.08. The number of benzene rings is 2. The van der Waals surface area contributed by atoms with E-state index in [2.05, 4.69) is 10.8 Å². The van der Waals surface area contributed by atoms with Crippen molar-refractivity contribution >= 4 is 15.9 Å². The van der Waals surface area contributed by atoms with E-state index in [1.54, 1.807) is 17.9 Å². The smallest absolute Gasteiger partial charge is 0.253 e. The van der Waals surface area contributed by atoms with Gasteiger partial charge >= 0.3 is 0 Å². The average molecular weight is 511 g/mol. The largest absolute Gasteiger partial charge is 0.479 e. The number of sulfonamides is 1. The van der Waals surface area contributed by atoms with Crippen LogP contribution in [0.1, 0.15) is 44.4 Å². The number of likely N-dealkylation sites (tertiary alicyclic amines) is 1. The van der Waals surface area contributed by atoms with E-state index in [9.17, 15) is 18.5 Å². The van der Waals surface area contributed by atoms with Crippen molar-refractivity contribution in [2.24, 2.45) is 0 Å². The van der Waals surface area contributed by atoms with Crippen molar-refractivity contribution in [2.75, 3.05) is 19.7 Å². The summed E-state index contributed by atoms with van der Waals surface area (Å²) in [4.78, 5) is 15.0. The molecule has 2 N–H and O–H groups in total. The summed E-state index contributed by atoms with van der Waals surface area (Å²) >= 11 is 0. The molecule has 10 heteroatoms. The standard InChI is InChI=1S/C26H26N4O5S.2H2/c1-18(17-31)28-36(33,34)21-9-6-19(7-10-21)25(32)29-14-12-26(13-15-29)24-11-8-20(16-27)30(24)22-4-2-3-5-23(22)35-26;;/h2-11,18,28,31H,12-15,17H2,1H3;2*1H. The first-order valence-corrected chi connectivity index (χ1v) is 13.2. The minimum Gasteiger partial charge on any atom is -0.479 e. The fraction of sp³-hybridized carbons (Fsp3) is 0.308. The van der Waals surface area contributed by atoms with E-state index in [1.807, 2.05) is 34.9 Å². The average Bonchev–Trinajstić information content (AvgIpc) is 3.34. The van der Waals surface area contributed by atoms with E-state index in [1.165, 1.54) is 24.3 Å². The highest BCUT2D eigenvalue weighted by atomic mass is 32.2. The molecule has 2 aliphatic rings. The summed E-state index contributed by atoms with van der Waals surface area (Å²) < 4.78 is 35.7. The van der Waals surface area contributed by atoms with Gasteiger partial charge in [-0.3, -0.25) is 9.36 Å². The van der Waals surface area contributed by atoms with Crippen LogP contribution in [0.25, 0.3) is 5.69 Å². The Morgan fingerprint density at radius 3 is 2.53 bits per heavy atom. The minimum atomic E-state index is -3.79. The zero-order chi connectivity index (χ0) is 25.5. The van der Waals surface area contributed by atoms with Gasteiger partial charge in [-0.1, -0.05) is 12.1 Å². The lowest BCUT2D eigenvalue weighted by molar-refractivity contribution is -0.00937. The maximum atomic E-state index is 13.2. The van der Waals surface area contributed by atoms with Crippen molar-refractivity contribution in [1.82, 2.24) is 14.2 Å². The van der Waals surface area contributed by atoms with Crippen LogP contribution >= 0.6 is 0 Å². The number of hydrogen-bond donors (Lipinski definition) is 2. The molecule has 1 aromatic heterocycles. The quantitative estimate of drug-likeness (QED) is 0.544. The first-order chi connectivity index (χ1) is 17.3. The number of nitriles is 1. The zero-order valence-electron chi connectivity index (χ0n) is 19.7. The first-order valence-electron chi connectivity index (χ1n) is 11.7. The normalized spacial score (nSPS) is 17.0. The second-order valence-electron chi connectivity index (χ2n) is 9.14. The number of nitrogens with one attached hydrogen (secondary N) is 1. The van der Waals surface area contributed by atoms with E-state index < -0.39 is 21.7 Å². The molecule has 0 aliphatic carbocycles. The number of para-hydroxylation sites is 2. The molecule has 3 heterocycles. The van der Waals surface area contributed by atoms with Gasteiger partial charge < -0.3 is 14.7 Å². The number of ether oxygens (including phenoxy) is 1. The predicted octanol–water partition coefficient (Wildman–Crippen LogP) is 3.02. The number of aliphatic hydroxyl groups is 1. The van der Waals surface area contributed by atoms with Crippen LogP contribution in [0, 0.1) is 11.3 Å². The molecular weight excluding hydrogens is 480 g/mol. The molecule has 1 unspecified atom stereocenters. The SMILES string of the molecule is CC(CO)NS(=O)(=O)c1ccc(C(=O)N2CCC3(CC2)Oc2ccccc2-n2c(C#N)ccc23)cc1.[HH].[HH]. The van der Waals surface area contributed by atoms with Crippen LogP contribution in [0.2, 0.25) is 0 Å². The summed E-state index contributed by atoms with van der Waals surface area (Å²) in [5.74, 6) is 0.521. The summed E-state index contributed by atoms with van der Waals surface area (Å²) in [6.45, 7) is 2.14. The van der Waals surface area contributed by atoms with Gasteiger partial charge in [0.2, 0.25) is 10.0 Å². The second-order valence-corrected chi connectivity index (χ2v) is 10.9. The Balaban J connectivity index is 0.00000200. The van der Waals surface area contributed by atoms with Crippen molar-refractivity contribution in [2.45, 2.75) is 36.3 Å². The maximum Gasteiger partial charge on any atom is 0.253 e. The lowest BCUT2D eigenvalue weighted by Gasteiger charge is -2.45. The number of carbonyl (C=O) groups excluding carboxylic acids is 1. The number of carbonyl (C=O) groups is 1. The molecule has 2 aromatic carbocycles. The molecule has 0 bridgehead atoms. The van der Waals surface area contributed by atoms with Gasteiger partial charge in [0.1, 0.15) is 17.5 Å². The monoisotopic (exact) mass is 510 g/mol. The summed E-state index contributed by atoms with van der Waals surface area (Å²) in [6, 6.07) is 18.8. The third kappa shape index (κ3) is 4.05. The number of fused-ring (bicyclic) bond motifs is 4. The highest BCUT2D eigenvalue weighted by molar-refractivity contribution is 7.89. The molecular formula is C26H30N4O5S.